The van der Waals surface area contributed by atoms with E-state index >= 15 is 0 Å². The number of hydrogen-bond donors (Lipinski definition) is 1. The Bertz CT molecular complexity index is 569. The van der Waals surface area contributed by atoms with Crippen LogP contribution in [0.15, 0.2) is 48.1 Å². The number of amides is 1. The predicted molar refractivity (Wildman–Crippen MR) is 89.5 cm³/mol. The third-order valence-corrected chi connectivity index (χ3v) is 4.39. The molecular weight excluding hydrogens is 282 g/mol. The minimum Gasteiger partial charge on any atom is -0.323 e. The van der Waals surface area contributed by atoms with Gasteiger partial charge in [0.25, 0.3) is 0 Å². The van der Waals surface area contributed by atoms with E-state index in [2.05, 4.69) is 32.2 Å². The second kappa shape index (κ2) is 6.48. The van der Waals surface area contributed by atoms with Gasteiger partial charge in [-0.1, -0.05) is 43.2 Å². The number of hydrogen-bond acceptors (Lipinski definition) is 1. The standard InChI is InChI=1S/C18H22ClNO/c1-13-5-4-12-18(2,3)16(13)10-11-17(21)20-15-8-6-14(19)7-9-15/h5-11,16H,4,12H2,1-3H3,(H,20,21). The minimum atomic E-state index is -0.105. The van der Waals surface area contributed by atoms with E-state index < -0.39 is 0 Å². The SMILES string of the molecule is CC1=CCCC(C)(C)C1C=CC(=O)Nc1ccc(Cl)cc1. The van der Waals surface area contributed by atoms with Crippen molar-refractivity contribution < 1.29 is 4.79 Å². The molecule has 0 aromatic heterocycles. The first-order valence-corrected chi connectivity index (χ1v) is 7.68. The number of carbonyl (C=O) groups excluding carboxylic acids is 1. The first-order chi connectivity index (χ1) is 9.88. The van der Waals surface area contributed by atoms with Gasteiger partial charge in [-0.25, -0.2) is 0 Å². The van der Waals surface area contributed by atoms with Crippen LogP contribution in [0.5, 0.6) is 0 Å². The van der Waals surface area contributed by atoms with Crippen LogP contribution < -0.4 is 5.32 Å². The summed E-state index contributed by atoms with van der Waals surface area (Å²) in [6.07, 6.45) is 8.22. The summed E-state index contributed by atoms with van der Waals surface area (Å²) in [6.45, 7) is 6.66. The molecule has 1 N–H and O–H groups in total. The molecule has 3 heteroatoms. The molecule has 2 rings (SSSR count). The molecule has 21 heavy (non-hydrogen) atoms. The van der Waals surface area contributed by atoms with Crippen molar-refractivity contribution in [3.8, 4) is 0 Å². The van der Waals surface area contributed by atoms with E-state index in [1.54, 1.807) is 30.3 Å². The van der Waals surface area contributed by atoms with Crippen molar-refractivity contribution in [3.05, 3.63) is 53.1 Å². The van der Waals surface area contributed by atoms with Gasteiger partial charge in [-0.05, 0) is 55.5 Å². The Morgan fingerprint density at radius 2 is 2.00 bits per heavy atom. The maximum atomic E-state index is 12.0. The molecule has 1 unspecified atom stereocenters. The van der Waals surface area contributed by atoms with Crippen molar-refractivity contribution in [1.82, 2.24) is 0 Å². The van der Waals surface area contributed by atoms with Crippen LogP contribution in [-0.4, -0.2) is 5.91 Å². The van der Waals surface area contributed by atoms with Gasteiger partial charge >= 0.3 is 0 Å². The van der Waals surface area contributed by atoms with E-state index in [4.69, 9.17) is 11.6 Å². The Kier molecular flexibility index (Phi) is 4.89. The Hall–Kier alpha value is -1.54. The summed E-state index contributed by atoms with van der Waals surface area (Å²) in [5, 5.41) is 3.51. The normalized spacial score (nSPS) is 21.1. The third-order valence-electron chi connectivity index (χ3n) is 4.14. The fourth-order valence-corrected chi connectivity index (χ4v) is 3.01. The van der Waals surface area contributed by atoms with Crippen molar-refractivity contribution in [2.24, 2.45) is 11.3 Å². The van der Waals surface area contributed by atoms with Crippen molar-refractivity contribution in [1.29, 1.82) is 0 Å². The van der Waals surface area contributed by atoms with E-state index in [0.29, 0.717) is 10.9 Å². The number of halogens is 1. The number of benzene rings is 1. The largest absolute Gasteiger partial charge is 0.323 e. The fourth-order valence-electron chi connectivity index (χ4n) is 2.88. The zero-order chi connectivity index (χ0) is 15.5. The lowest BCUT2D eigenvalue weighted by molar-refractivity contribution is -0.111. The molecule has 0 bridgehead atoms. The lowest BCUT2D eigenvalue weighted by Gasteiger charge is -2.36. The van der Waals surface area contributed by atoms with E-state index in [9.17, 15) is 4.79 Å². The van der Waals surface area contributed by atoms with Crippen LogP contribution >= 0.6 is 11.6 Å². The molecule has 1 aromatic rings. The molecular formula is C18H22ClNO. The van der Waals surface area contributed by atoms with Gasteiger partial charge in [0.05, 0.1) is 0 Å². The number of carbonyl (C=O) groups is 1. The zero-order valence-electron chi connectivity index (χ0n) is 12.8. The Labute approximate surface area is 131 Å². The Balaban J connectivity index is 2.03. The van der Waals surface area contributed by atoms with E-state index in [1.807, 2.05) is 6.08 Å². The van der Waals surface area contributed by atoms with Crippen molar-refractivity contribution in [3.63, 3.8) is 0 Å². The molecule has 1 amide bonds. The molecule has 1 atom stereocenters. The second-order valence-electron chi connectivity index (χ2n) is 6.31. The maximum Gasteiger partial charge on any atom is 0.248 e. The van der Waals surface area contributed by atoms with Gasteiger partial charge in [0.15, 0.2) is 0 Å². The van der Waals surface area contributed by atoms with E-state index in [1.165, 1.54) is 5.57 Å². The molecule has 0 radical (unpaired) electrons. The second-order valence-corrected chi connectivity index (χ2v) is 6.74. The predicted octanol–water partition coefficient (Wildman–Crippen LogP) is 5.22. The maximum absolute atomic E-state index is 12.0. The highest BCUT2D eigenvalue weighted by molar-refractivity contribution is 6.30. The Morgan fingerprint density at radius 3 is 2.62 bits per heavy atom. The monoisotopic (exact) mass is 303 g/mol. The topological polar surface area (TPSA) is 29.1 Å². The highest BCUT2D eigenvalue weighted by atomic mass is 35.5. The van der Waals surface area contributed by atoms with Gasteiger partial charge < -0.3 is 5.32 Å². The van der Waals surface area contributed by atoms with Crippen LogP contribution in [0, 0.1) is 11.3 Å². The molecule has 0 saturated carbocycles. The van der Waals surface area contributed by atoms with Crippen molar-refractivity contribution >= 4 is 23.2 Å². The van der Waals surface area contributed by atoms with Crippen LogP contribution in [-0.2, 0) is 4.79 Å². The van der Waals surface area contributed by atoms with Gasteiger partial charge in [-0.2, -0.15) is 0 Å². The number of allylic oxidation sites excluding steroid dienone is 3. The zero-order valence-corrected chi connectivity index (χ0v) is 13.6. The molecule has 2 nitrogen and oxygen atoms in total. The molecule has 0 fully saturated rings. The first-order valence-electron chi connectivity index (χ1n) is 7.30. The van der Waals surface area contributed by atoms with Crippen LogP contribution in [0.25, 0.3) is 0 Å². The minimum absolute atomic E-state index is 0.105. The summed E-state index contributed by atoms with van der Waals surface area (Å²) < 4.78 is 0. The van der Waals surface area contributed by atoms with Crippen LogP contribution in [0.4, 0.5) is 5.69 Å². The summed E-state index contributed by atoms with van der Waals surface area (Å²) in [5.41, 5.74) is 2.31. The first kappa shape index (κ1) is 15.8. The number of anilines is 1. The average Bonchev–Trinajstić information content (AvgIpc) is 2.40. The summed E-state index contributed by atoms with van der Waals surface area (Å²) in [5.74, 6) is 0.216. The summed E-state index contributed by atoms with van der Waals surface area (Å²) in [7, 11) is 0. The smallest absolute Gasteiger partial charge is 0.248 e. The van der Waals surface area contributed by atoms with Crippen LogP contribution in [0.3, 0.4) is 0 Å². The molecule has 1 aromatic carbocycles. The molecule has 1 aliphatic carbocycles. The van der Waals surface area contributed by atoms with Crippen LogP contribution in [0.2, 0.25) is 5.02 Å². The van der Waals surface area contributed by atoms with Gasteiger partial charge in [-0.3, -0.25) is 4.79 Å². The summed E-state index contributed by atoms with van der Waals surface area (Å²) in [6, 6.07) is 7.11. The lowest BCUT2D eigenvalue weighted by atomic mass is 9.68. The quantitative estimate of drug-likeness (QED) is 0.602. The lowest BCUT2D eigenvalue weighted by Crippen LogP contribution is -2.26. The molecule has 0 heterocycles. The molecule has 1 aliphatic rings. The van der Waals surface area contributed by atoms with Gasteiger partial charge in [0.1, 0.15) is 0 Å². The number of nitrogens with one attached hydrogen (secondary N) is 1. The van der Waals surface area contributed by atoms with Gasteiger partial charge in [0.2, 0.25) is 5.91 Å². The van der Waals surface area contributed by atoms with Gasteiger partial charge in [-0.15, -0.1) is 0 Å². The third kappa shape index (κ3) is 4.21. The molecule has 112 valence electrons. The van der Waals surface area contributed by atoms with Crippen molar-refractivity contribution in [2.45, 2.75) is 33.6 Å². The Morgan fingerprint density at radius 1 is 1.33 bits per heavy atom. The molecule has 0 saturated heterocycles. The van der Waals surface area contributed by atoms with E-state index in [-0.39, 0.29) is 11.3 Å². The highest BCUT2D eigenvalue weighted by Gasteiger charge is 2.30. The average molecular weight is 304 g/mol. The molecule has 0 spiro atoms. The van der Waals surface area contributed by atoms with Crippen LogP contribution in [0.1, 0.15) is 33.6 Å². The highest BCUT2D eigenvalue weighted by Crippen LogP contribution is 2.41. The van der Waals surface area contributed by atoms with Gasteiger partial charge in [0, 0.05) is 16.6 Å². The van der Waals surface area contributed by atoms with Crippen molar-refractivity contribution in [2.75, 3.05) is 5.32 Å². The van der Waals surface area contributed by atoms with E-state index in [0.717, 1.165) is 18.5 Å². The number of rotatable bonds is 3. The summed E-state index contributed by atoms with van der Waals surface area (Å²) in [4.78, 5) is 12.0. The fraction of sp³-hybridized carbons (Fsp3) is 0.389. The molecule has 0 aliphatic heterocycles. The summed E-state index contributed by atoms with van der Waals surface area (Å²) >= 11 is 5.83.